The van der Waals surface area contributed by atoms with Crippen LogP contribution in [-0.4, -0.2) is 24.5 Å². The van der Waals surface area contributed by atoms with E-state index in [9.17, 15) is 0 Å². The fourth-order valence-corrected chi connectivity index (χ4v) is 5.41. The van der Waals surface area contributed by atoms with Gasteiger partial charge in [0.2, 0.25) is 0 Å². The van der Waals surface area contributed by atoms with E-state index >= 15 is 0 Å². The Hall–Kier alpha value is -3.16. The van der Waals surface area contributed by atoms with Crippen LogP contribution in [0.2, 0.25) is 0 Å². The Labute approximate surface area is 340 Å². The SMILES string of the molecule is C=C(C)C(C)(CC)c1ccc(Cc2ccc(C)cc2)cc1C.C=C(C)CN(CCC)CC(C)C.C=C(C)c1ccc(C)cc1.CC.CC.CC.CC(C)C. The molecule has 1 unspecified atom stereocenters. The molecule has 1 nitrogen and oxygen atoms in total. The van der Waals surface area contributed by atoms with Crippen LogP contribution in [-0.2, 0) is 11.8 Å². The Bertz CT molecular complexity index is 1350. The summed E-state index contributed by atoms with van der Waals surface area (Å²) in [6.07, 6.45) is 3.32. The van der Waals surface area contributed by atoms with Crippen molar-refractivity contribution in [3.05, 3.63) is 137 Å². The molecule has 308 valence electrons. The highest BCUT2D eigenvalue weighted by atomic mass is 15.1. The molecule has 1 heteroatoms. The number of rotatable bonds is 12. The topological polar surface area (TPSA) is 3.24 Å². The van der Waals surface area contributed by atoms with Gasteiger partial charge in [0.15, 0.2) is 0 Å². The minimum Gasteiger partial charge on any atom is -0.299 e. The van der Waals surface area contributed by atoms with E-state index in [1.54, 1.807) is 0 Å². The average molecular weight is 742 g/mol. The maximum atomic E-state index is 4.21. The molecule has 0 bridgehead atoms. The van der Waals surface area contributed by atoms with Crippen molar-refractivity contribution in [2.45, 2.75) is 163 Å². The molecule has 0 saturated heterocycles. The first kappa shape index (κ1) is 57.6. The van der Waals surface area contributed by atoms with Gasteiger partial charge in [0.1, 0.15) is 0 Å². The number of nitrogens with zero attached hydrogens (tertiary/aromatic N) is 1. The van der Waals surface area contributed by atoms with Crippen molar-refractivity contribution in [2.24, 2.45) is 11.8 Å². The monoisotopic (exact) mass is 742 g/mol. The Kier molecular flexibility index (Phi) is 36.6. The second-order valence-corrected chi connectivity index (χ2v) is 15.2. The van der Waals surface area contributed by atoms with E-state index in [4.69, 9.17) is 0 Å². The molecule has 0 N–H and O–H groups in total. The van der Waals surface area contributed by atoms with Crippen LogP contribution in [0.15, 0.2) is 97.6 Å². The average Bonchev–Trinajstić information content (AvgIpc) is 3.11. The summed E-state index contributed by atoms with van der Waals surface area (Å²) in [5, 5.41) is 0. The molecule has 3 rings (SSSR count). The summed E-state index contributed by atoms with van der Waals surface area (Å²) >= 11 is 0. The van der Waals surface area contributed by atoms with Gasteiger partial charge in [-0.2, -0.15) is 0 Å². The van der Waals surface area contributed by atoms with Gasteiger partial charge in [-0.1, -0.05) is 211 Å². The van der Waals surface area contributed by atoms with Gasteiger partial charge in [0, 0.05) is 18.5 Å². The number of hydrogen-bond acceptors (Lipinski definition) is 1. The van der Waals surface area contributed by atoms with E-state index in [0.29, 0.717) is 0 Å². The van der Waals surface area contributed by atoms with Crippen LogP contribution in [0.25, 0.3) is 5.57 Å². The first-order chi connectivity index (χ1) is 25.4. The lowest BCUT2D eigenvalue weighted by atomic mass is 9.73. The standard InChI is InChI=1S/C22H28.C11H23N.C10H12.C4H10.3C2H6/c1-7-22(6,16(2)3)21-13-12-20(14-18(21)5)15-19-10-8-17(4)9-11-19;1-6-7-12(8-10(2)3)9-11(4)5;1-8(2)10-6-4-9(3)5-7-10;1-4(2)3;3*1-2/h8-14H,2,7,15H2,1,3-6H3;11H,2,6-9H2,1,3-5H3;4-7H,1H2,2-3H3;4H,1-3H3;3*1-2H3. The Morgan fingerprint density at radius 1 is 0.667 bits per heavy atom. The van der Waals surface area contributed by atoms with Crippen LogP contribution >= 0.6 is 0 Å². The molecule has 3 aromatic carbocycles. The molecule has 0 heterocycles. The largest absolute Gasteiger partial charge is 0.299 e. The molecule has 0 amide bonds. The number of allylic oxidation sites excluding steroid dienone is 2. The molecular weight excluding hydrogens is 651 g/mol. The third kappa shape index (κ3) is 27.4. The van der Waals surface area contributed by atoms with E-state index in [2.05, 4.69) is 181 Å². The fraction of sp³-hybridized carbons (Fsp3) is 0.547. The minimum atomic E-state index is 0.0759. The smallest absolute Gasteiger partial charge is 0.0187 e. The van der Waals surface area contributed by atoms with E-state index in [-0.39, 0.29) is 5.41 Å². The zero-order chi connectivity index (χ0) is 43.0. The maximum absolute atomic E-state index is 4.21. The highest BCUT2D eigenvalue weighted by Gasteiger charge is 2.27. The highest BCUT2D eigenvalue weighted by Crippen LogP contribution is 2.36. The van der Waals surface area contributed by atoms with Gasteiger partial charge in [0.05, 0.1) is 0 Å². The molecule has 0 aromatic heterocycles. The van der Waals surface area contributed by atoms with Crippen molar-refractivity contribution in [3.63, 3.8) is 0 Å². The molecular formula is C53H91N. The second kappa shape index (κ2) is 34.3. The van der Waals surface area contributed by atoms with Gasteiger partial charge in [0.25, 0.3) is 0 Å². The van der Waals surface area contributed by atoms with Crippen molar-refractivity contribution in [1.82, 2.24) is 4.90 Å². The Morgan fingerprint density at radius 3 is 1.43 bits per heavy atom. The van der Waals surface area contributed by atoms with Crippen molar-refractivity contribution in [3.8, 4) is 0 Å². The molecule has 0 fully saturated rings. The molecule has 0 aliphatic rings. The maximum Gasteiger partial charge on any atom is 0.0187 e. The van der Waals surface area contributed by atoms with Gasteiger partial charge < -0.3 is 0 Å². The summed E-state index contributed by atoms with van der Waals surface area (Å²) in [5.74, 6) is 1.59. The van der Waals surface area contributed by atoms with Crippen LogP contribution in [0.5, 0.6) is 0 Å². The minimum absolute atomic E-state index is 0.0759. The van der Waals surface area contributed by atoms with Gasteiger partial charge in [-0.15, -0.1) is 0 Å². The van der Waals surface area contributed by atoms with E-state index in [0.717, 1.165) is 36.8 Å². The van der Waals surface area contributed by atoms with Crippen LogP contribution < -0.4 is 0 Å². The molecule has 54 heavy (non-hydrogen) atoms. The summed E-state index contributed by atoms with van der Waals surface area (Å²) in [5.41, 5.74) is 13.1. The molecule has 3 aromatic rings. The van der Waals surface area contributed by atoms with Crippen LogP contribution in [0, 0.1) is 32.6 Å². The molecule has 0 aliphatic carbocycles. The van der Waals surface area contributed by atoms with Crippen molar-refractivity contribution in [1.29, 1.82) is 0 Å². The lowest BCUT2D eigenvalue weighted by molar-refractivity contribution is 0.264. The second-order valence-electron chi connectivity index (χ2n) is 15.2. The van der Waals surface area contributed by atoms with Gasteiger partial charge in [-0.05, 0) is 107 Å². The van der Waals surface area contributed by atoms with E-state index in [1.165, 1.54) is 69.6 Å². The van der Waals surface area contributed by atoms with Crippen molar-refractivity contribution in [2.75, 3.05) is 19.6 Å². The summed E-state index contributed by atoms with van der Waals surface area (Å²) in [6, 6.07) is 24.1. The third-order valence-corrected chi connectivity index (χ3v) is 8.26. The van der Waals surface area contributed by atoms with Crippen molar-refractivity contribution < 1.29 is 0 Å². The summed E-state index contributed by atoms with van der Waals surface area (Å²) in [6.45, 7) is 58.0. The van der Waals surface area contributed by atoms with Crippen LogP contribution in [0.4, 0.5) is 0 Å². The zero-order valence-electron chi connectivity index (χ0n) is 39.8. The zero-order valence-corrected chi connectivity index (χ0v) is 39.8. The first-order valence-electron chi connectivity index (χ1n) is 21.3. The molecule has 0 spiro atoms. The molecule has 1 atom stereocenters. The summed E-state index contributed by atoms with van der Waals surface area (Å²) in [7, 11) is 0. The molecule has 0 saturated carbocycles. The Balaban J connectivity index is -0.000000331. The van der Waals surface area contributed by atoms with Crippen LogP contribution in [0.3, 0.4) is 0 Å². The van der Waals surface area contributed by atoms with E-state index in [1.807, 2.05) is 48.5 Å². The lowest BCUT2D eigenvalue weighted by Gasteiger charge is -2.31. The number of aryl methyl sites for hydroxylation is 3. The summed E-state index contributed by atoms with van der Waals surface area (Å²) < 4.78 is 0. The van der Waals surface area contributed by atoms with E-state index < -0.39 is 0 Å². The van der Waals surface area contributed by atoms with Gasteiger partial charge in [-0.3, -0.25) is 4.90 Å². The normalized spacial score (nSPS) is 10.8. The quantitative estimate of drug-likeness (QED) is 0.167. The number of benzene rings is 3. The molecule has 0 radical (unpaired) electrons. The van der Waals surface area contributed by atoms with Gasteiger partial charge >= 0.3 is 0 Å². The highest BCUT2D eigenvalue weighted by molar-refractivity contribution is 5.61. The number of hydrogen-bond donors (Lipinski definition) is 0. The lowest BCUT2D eigenvalue weighted by Crippen LogP contribution is -2.29. The first-order valence-corrected chi connectivity index (χ1v) is 21.3. The third-order valence-electron chi connectivity index (χ3n) is 8.26. The predicted molar refractivity (Wildman–Crippen MR) is 254 cm³/mol. The summed E-state index contributed by atoms with van der Waals surface area (Å²) in [4.78, 5) is 2.48. The van der Waals surface area contributed by atoms with Crippen molar-refractivity contribution >= 4 is 5.57 Å². The predicted octanol–water partition coefficient (Wildman–Crippen LogP) is 16.8. The fourth-order valence-electron chi connectivity index (χ4n) is 5.41. The van der Waals surface area contributed by atoms with Crippen LogP contribution in [0.1, 0.15) is 169 Å². The Morgan fingerprint density at radius 2 is 1.09 bits per heavy atom. The molecule has 0 aliphatic heterocycles. The van der Waals surface area contributed by atoms with Gasteiger partial charge in [-0.25, -0.2) is 0 Å².